The summed E-state index contributed by atoms with van der Waals surface area (Å²) in [5, 5.41) is 9.60. The average molecular weight is 538 g/mol. The van der Waals surface area contributed by atoms with Crippen LogP contribution in [0.2, 0.25) is 0 Å². The molecule has 1 aliphatic rings. The molecule has 0 radical (unpaired) electrons. The molecule has 198 valence electrons. The van der Waals surface area contributed by atoms with E-state index in [0.29, 0.717) is 23.3 Å². The predicted octanol–water partition coefficient (Wildman–Crippen LogP) is 6.48. The van der Waals surface area contributed by atoms with E-state index in [1.165, 1.54) is 0 Å². The largest absolute Gasteiger partial charge is 0.351 e. The molecule has 8 heteroatoms. The molecule has 4 aromatic carbocycles. The van der Waals surface area contributed by atoms with Crippen LogP contribution >= 0.6 is 0 Å². The van der Waals surface area contributed by atoms with Gasteiger partial charge in [0.25, 0.3) is 0 Å². The lowest BCUT2D eigenvalue weighted by Crippen LogP contribution is -2.34. The van der Waals surface area contributed by atoms with Gasteiger partial charge in [-0.2, -0.15) is 4.98 Å². The minimum absolute atomic E-state index is 0.238. The molecule has 0 unspecified atom stereocenters. The van der Waals surface area contributed by atoms with Crippen molar-refractivity contribution in [3.8, 4) is 0 Å². The summed E-state index contributed by atoms with van der Waals surface area (Å²) in [6.07, 6.45) is 3.72. The minimum atomic E-state index is -3.59. The van der Waals surface area contributed by atoms with Gasteiger partial charge in [0.15, 0.2) is 0 Å². The molecule has 7 nitrogen and oxygen atoms in total. The van der Waals surface area contributed by atoms with E-state index in [1.807, 2.05) is 84.9 Å². The van der Waals surface area contributed by atoms with E-state index >= 15 is 0 Å². The Morgan fingerprint density at radius 1 is 0.718 bits per heavy atom. The number of hydrogen-bond donors (Lipinski definition) is 3. The SMILES string of the molecule is O=S(=O)(NCC1CCC(Nc2nc(Nc3ccccc3)c3ccccc3n2)CC1)c1cccc2ccccc12. The Morgan fingerprint density at radius 3 is 2.23 bits per heavy atom. The highest BCUT2D eigenvalue weighted by molar-refractivity contribution is 7.89. The van der Waals surface area contributed by atoms with Crippen LogP contribution in [0.5, 0.6) is 0 Å². The molecule has 0 spiro atoms. The lowest BCUT2D eigenvalue weighted by atomic mass is 9.86. The number of fused-ring (bicyclic) bond motifs is 2. The van der Waals surface area contributed by atoms with Gasteiger partial charge in [0.05, 0.1) is 10.4 Å². The van der Waals surface area contributed by atoms with E-state index in [0.717, 1.165) is 58.9 Å². The monoisotopic (exact) mass is 537 g/mol. The maximum absolute atomic E-state index is 13.1. The fourth-order valence-corrected chi connectivity index (χ4v) is 6.67. The number of sulfonamides is 1. The standard InChI is InChI=1S/C31H31N5O2S/c37-39(38,29-16-8-10-23-9-4-5-13-26(23)29)32-21-22-17-19-25(20-18-22)34-31-35-28-15-7-6-14-27(28)30(36-31)33-24-11-2-1-3-12-24/h1-16,22,25,32H,17-21H2,(H2,33,34,35,36). The van der Waals surface area contributed by atoms with Gasteiger partial charge in [0, 0.05) is 29.0 Å². The first-order valence-corrected chi connectivity index (χ1v) is 14.9. The Morgan fingerprint density at radius 2 is 1.41 bits per heavy atom. The van der Waals surface area contributed by atoms with Crippen molar-refractivity contribution in [3.05, 3.63) is 97.1 Å². The molecule has 0 amide bonds. The molecule has 0 aliphatic heterocycles. The zero-order chi connectivity index (χ0) is 26.7. The molecule has 1 aliphatic carbocycles. The van der Waals surface area contributed by atoms with Crippen molar-refractivity contribution in [3.63, 3.8) is 0 Å². The van der Waals surface area contributed by atoms with Gasteiger partial charge in [-0.05, 0) is 67.3 Å². The number of hydrogen-bond acceptors (Lipinski definition) is 6. The highest BCUT2D eigenvalue weighted by Crippen LogP contribution is 2.29. The second-order valence-corrected chi connectivity index (χ2v) is 11.8. The molecule has 6 rings (SSSR count). The van der Waals surface area contributed by atoms with Gasteiger partial charge >= 0.3 is 0 Å². The summed E-state index contributed by atoms with van der Waals surface area (Å²) in [6.45, 7) is 0.440. The lowest BCUT2D eigenvalue weighted by Gasteiger charge is -2.29. The van der Waals surface area contributed by atoms with Crippen molar-refractivity contribution in [1.29, 1.82) is 0 Å². The number of aromatic nitrogens is 2. The summed E-state index contributed by atoms with van der Waals surface area (Å²) in [5.41, 5.74) is 1.85. The Kier molecular flexibility index (Phi) is 7.13. The number of benzene rings is 4. The molecule has 39 heavy (non-hydrogen) atoms. The summed E-state index contributed by atoms with van der Waals surface area (Å²) < 4.78 is 29.1. The summed E-state index contributed by atoms with van der Waals surface area (Å²) in [7, 11) is -3.59. The van der Waals surface area contributed by atoms with Crippen LogP contribution < -0.4 is 15.4 Å². The molecular formula is C31H31N5O2S. The molecule has 3 N–H and O–H groups in total. The van der Waals surface area contributed by atoms with Crippen molar-refractivity contribution >= 4 is 49.2 Å². The van der Waals surface area contributed by atoms with Gasteiger partial charge in [-0.15, -0.1) is 0 Å². The van der Waals surface area contributed by atoms with Gasteiger partial charge in [0.1, 0.15) is 5.82 Å². The van der Waals surface area contributed by atoms with E-state index in [-0.39, 0.29) is 6.04 Å². The van der Waals surface area contributed by atoms with Crippen LogP contribution in [-0.4, -0.2) is 31.0 Å². The van der Waals surface area contributed by atoms with Crippen molar-refractivity contribution < 1.29 is 8.42 Å². The van der Waals surface area contributed by atoms with Gasteiger partial charge in [0.2, 0.25) is 16.0 Å². The van der Waals surface area contributed by atoms with Crippen molar-refractivity contribution in [1.82, 2.24) is 14.7 Å². The van der Waals surface area contributed by atoms with Crippen molar-refractivity contribution in [2.45, 2.75) is 36.6 Å². The smallest absolute Gasteiger partial charge is 0.241 e. The number of rotatable bonds is 8. The lowest BCUT2D eigenvalue weighted by molar-refractivity contribution is 0.336. The molecular weight excluding hydrogens is 506 g/mol. The molecule has 1 heterocycles. The van der Waals surface area contributed by atoms with E-state index < -0.39 is 10.0 Å². The first-order chi connectivity index (χ1) is 19.0. The topological polar surface area (TPSA) is 96.0 Å². The third kappa shape index (κ3) is 5.72. The normalized spacial score (nSPS) is 17.7. The van der Waals surface area contributed by atoms with Crippen molar-refractivity contribution in [2.75, 3.05) is 17.2 Å². The third-order valence-corrected chi connectivity index (χ3v) is 8.90. The summed E-state index contributed by atoms with van der Waals surface area (Å²) >= 11 is 0. The molecule has 1 fully saturated rings. The Labute approximate surface area is 228 Å². The van der Waals surface area contributed by atoms with Gasteiger partial charge in [-0.3, -0.25) is 0 Å². The van der Waals surface area contributed by atoms with Gasteiger partial charge < -0.3 is 10.6 Å². The highest BCUT2D eigenvalue weighted by Gasteiger charge is 2.25. The summed E-state index contributed by atoms with van der Waals surface area (Å²) in [4.78, 5) is 9.91. The molecule has 1 aromatic heterocycles. The Bertz CT molecular complexity index is 1700. The molecule has 5 aromatic rings. The van der Waals surface area contributed by atoms with Crippen LogP contribution in [0.4, 0.5) is 17.5 Å². The van der Waals surface area contributed by atoms with E-state index in [4.69, 9.17) is 9.97 Å². The molecule has 0 saturated heterocycles. The second kappa shape index (κ2) is 11.0. The number of nitrogens with one attached hydrogen (secondary N) is 3. The highest BCUT2D eigenvalue weighted by atomic mass is 32.2. The van der Waals surface area contributed by atoms with Crippen LogP contribution in [0.25, 0.3) is 21.7 Å². The van der Waals surface area contributed by atoms with Crippen LogP contribution in [-0.2, 0) is 10.0 Å². The summed E-state index contributed by atoms with van der Waals surface area (Å²) in [6, 6.07) is 31.2. The number of nitrogens with zero attached hydrogens (tertiary/aromatic N) is 2. The fraction of sp³-hybridized carbons (Fsp3) is 0.226. The quantitative estimate of drug-likeness (QED) is 0.210. The van der Waals surface area contributed by atoms with E-state index in [1.54, 1.807) is 12.1 Å². The maximum atomic E-state index is 13.1. The molecule has 0 bridgehead atoms. The first-order valence-electron chi connectivity index (χ1n) is 13.4. The minimum Gasteiger partial charge on any atom is -0.351 e. The van der Waals surface area contributed by atoms with E-state index in [2.05, 4.69) is 15.4 Å². The Balaban J connectivity index is 1.09. The average Bonchev–Trinajstić information content (AvgIpc) is 2.97. The van der Waals surface area contributed by atoms with Crippen LogP contribution in [0.1, 0.15) is 25.7 Å². The van der Waals surface area contributed by atoms with Crippen LogP contribution in [0.15, 0.2) is 102 Å². The van der Waals surface area contributed by atoms with E-state index in [9.17, 15) is 8.42 Å². The molecule has 0 atom stereocenters. The van der Waals surface area contributed by atoms with Gasteiger partial charge in [-0.25, -0.2) is 18.1 Å². The number of para-hydroxylation sites is 2. The summed E-state index contributed by atoms with van der Waals surface area (Å²) in [5.74, 6) is 1.67. The van der Waals surface area contributed by atoms with Crippen molar-refractivity contribution in [2.24, 2.45) is 5.92 Å². The third-order valence-electron chi connectivity index (χ3n) is 7.42. The van der Waals surface area contributed by atoms with Crippen LogP contribution in [0.3, 0.4) is 0 Å². The predicted molar refractivity (Wildman–Crippen MR) is 158 cm³/mol. The molecule has 1 saturated carbocycles. The zero-order valence-electron chi connectivity index (χ0n) is 21.5. The maximum Gasteiger partial charge on any atom is 0.241 e. The fourth-order valence-electron chi connectivity index (χ4n) is 5.32. The number of anilines is 3. The second-order valence-electron chi connectivity index (χ2n) is 10.1. The Hall–Kier alpha value is -4.01. The zero-order valence-corrected chi connectivity index (χ0v) is 22.4. The van der Waals surface area contributed by atoms with Crippen LogP contribution in [0, 0.1) is 5.92 Å². The first kappa shape index (κ1) is 25.3. The van der Waals surface area contributed by atoms with Gasteiger partial charge in [-0.1, -0.05) is 66.7 Å².